The molecule has 2 rings (SSSR count). The van der Waals surface area contributed by atoms with Crippen LogP contribution in [-0.4, -0.2) is 29.9 Å². The molecular formula is C15H18N2O3. The van der Waals surface area contributed by atoms with Crippen molar-refractivity contribution in [3.8, 4) is 11.3 Å². The van der Waals surface area contributed by atoms with E-state index in [1.165, 1.54) is 4.90 Å². The van der Waals surface area contributed by atoms with Crippen LogP contribution in [0.2, 0.25) is 0 Å². The molecule has 0 radical (unpaired) electrons. The molecule has 0 aliphatic rings. The van der Waals surface area contributed by atoms with Gasteiger partial charge in [-0.05, 0) is 31.5 Å². The summed E-state index contributed by atoms with van der Waals surface area (Å²) in [5, 5.41) is 0. The smallest absolute Gasteiger partial charge is 0.289 e. The van der Waals surface area contributed by atoms with Crippen LogP contribution in [0.25, 0.3) is 11.3 Å². The quantitative estimate of drug-likeness (QED) is 0.933. The molecular weight excluding hydrogens is 256 g/mol. The maximum atomic E-state index is 11.8. The second kappa shape index (κ2) is 5.36. The molecule has 2 heterocycles. The summed E-state index contributed by atoms with van der Waals surface area (Å²) in [5.74, 6) is 0.682. The number of rotatable bonds is 3. The Bertz CT molecular complexity index is 695. The molecule has 2 aromatic heterocycles. The standard InChI is InChI=1S/C15H18N2O3/c1-5-10-8-11(9(2)16-14(10)18)12-6-7-13(20-12)15(19)17(3)4/h6-8H,5H2,1-4H3,(H,16,18). The molecule has 0 unspecified atom stereocenters. The molecule has 0 fully saturated rings. The monoisotopic (exact) mass is 274 g/mol. The first kappa shape index (κ1) is 14.1. The van der Waals surface area contributed by atoms with E-state index in [9.17, 15) is 9.59 Å². The van der Waals surface area contributed by atoms with Gasteiger partial charge in [0.15, 0.2) is 5.76 Å². The van der Waals surface area contributed by atoms with Crippen LogP contribution < -0.4 is 5.56 Å². The fourth-order valence-corrected chi connectivity index (χ4v) is 2.00. The number of aromatic amines is 1. The largest absolute Gasteiger partial charge is 0.451 e. The van der Waals surface area contributed by atoms with E-state index in [4.69, 9.17) is 4.42 Å². The van der Waals surface area contributed by atoms with Gasteiger partial charge >= 0.3 is 0 Å². The van der Waals surface area contributed by atoms with Gasteiger partial charge in [-0.15, -0.1) is 0 Å². The highest BCUT2D eigenvalue weighted by Crippen LogP contribution is 2.25. The Kier molecular flexibility index (Phi) is 3.79. The Morgan fingerprint density at radius 1 is 1.35 bits per heavy atom. The van der Waals surface area contributed by atoms with Crippen molar-refractivity contribution in [1.29, 1.82) is 0 Å². The molecule has 0 aromatic carbocycles. The highest BCUT2D eigenvalue weighted by molar-refractivity contribution is 5.91. The Hall–Kier alpha value is -2.30. The molecule has 1 amide bonds. The van der Waals surface area contributed by atoms with Crippen LogP contribution in [0.1, 0.15) is 28.7 Å². The third kappa shape index (κ3) is 2.52. The van der Waals surface area contributed by atoms with E-state index in [2.05, 4.69) is 4.98 Å². The summed E-state index contributed by atoms with van der Waals surface area (Å²) < 4.78 is 5.60. The number of aryl methyl sites for hydroxylation is 2. The van der Waals surface area contributed by atoms with E-state index in [1.807, 2.05) is 19.9 Å². The maximum absolute atomic E-state index is 11.8. The Morgan fingerprint density at radius 3 is 2.65 bits per heavy atom. The van der Waals surface area contributed by atoms with E-state index in [0.717, 1.165) is 11.3 Å². The molecule has 106 valence electrons. The van der Waals surface area contributed by atoms with Crippen LogP contribution in [0.3, 0.4) is 0 Å². The predicted octanol–water partition coefficient (Wildman–Crippen LogP) is 2.21. The van der Waals surface area contributed by atoms with Gasteiger partial charge in [0.1, 0.15) is 5.76 Å². The van der Waals surface area contributed by atoms with E-state index >= 15 is 0 Å². The molecule has 0 aliphatic heterocycles. The molecule has 5 heteroatoms. The number of aromatic nitrogens is 1. The maximum Gasteiger partial charge on any atom is 0.289 e. The molecule has 0 bridgehead atoms. The van der Waals surface area contributed by atoms with Crippen molar-refractivity contribution >= 4 is 5.91 Å². The van der Waals surface area contributed by atoms with Gasteiger partial charge in [-0.3, -0.25) is 9.59 Å². The second-order valence-electron chi connectivity index (χ2n) is 4.88. The molecule has 0 spiro atoms. The number of pyridine rings is 1. The van der Waals surface area contributed by atoms with E-state index < -0.39 is 0 Å². The van der Waals surface area contributed by atoms with Crippen molar-refractivity contribution in [2.75, 3.05) is 14.1 Å². The Morgan fingerprint density at radius 2 is 2.05 bits per heavy atom. The zero-order chi connectivity index (χ0) is 14.9. The average Bonchev–Trinajstić information content (AvgIpc) is 2.87. The first-order valence-electron chi connectivity index (χ1n) is 6.48. The molecule has 5 nitrogen and oxygen atoms in total. The predicted molar refractivity (Wildman–Crippen MR) is 76.9 cm³/mol. The van der Waals surface area contributed by atoms with Crippen molar-refractivity contribution in [1.82, 2.24) is 9.88 Å². The SMILES string of the molecule is CCc1cc(-c2ccc(C(=O)N(C)C)o2)c(C)[nH]c1=O. The minimum Gasteiger partial charge on any atom is -0.451 e. The van der Waals surface area contributed by atoms with Gasteiger partial charge in [-0.25, -0.2) is 0 Å². The molecule has 20 heavy (non-hydrogen) atoms. The zero-order valence-corrected chi connectivity index (χ0v) is 12.1. The fourth-order valence-electron chi connectivity index (χ4n) is 2.00. The summed E-state index contributed by atoms with van der Waals surface area (Å²) in [6, 6.07) is 5.21. The van der Waals surface area contributed by atoms with Crippen LogP contribution in [0.15, 0.2) is 27.4 Å². The summed E-state index contributed by atoms with van der Waals surface area (Å²) in [6.07, 6.45) is 0.646. The number of carbonyl (C=O) groups is 1. The molecule has 0 aliphatic carbocycles. The number of nitrogens with zero attached hydrogens (tertiary/aromatic N) is 1. The summed E-state index contributed by atoms with van der Waals surface area (Å²) in [7, 11) is 3.34. The van der Waals surface area contributed by atoms with E-state index in [-0.39, 0.29) is 17.2 Å². The first-order valence-corrected chi connectivity index (χ1v) is 6.48. The molecule has 0 atom stereocenters. The summed E-state index contributed by atoms with van der Waals surface area (Å²) in [6.45, 7) is 3.74. The normalized spacial score (nSPS) is 10.6. The Balaban J connectivity index is 2.47. The van der Waals surface area contributed by atoms with Crippen molar-refractivity contribution < 1.29 is 9.21 Å². The van der Waals surface area contributed by atoms with Crippen molar-refractivity contribution in [2.45, 2.75) is 20.3 Å². The number of amides is 1. The minimum absolute atomic E-state index is 0.0788. The summed E-state index contributed by atoms with van der Waals surface area (Å²) >= 11 is 0. The van der Waals surface area contributed by atoms with Crippen molar-refractivity contribution in [2.24, 2.45) is 0 Å². The number of carbonyl (C=O) groups excluding carboxylic acids is 1. The number of hydrogen-bond donors (Lipinski definition) is 1. The van der Waals surface area contributed by atoms with Gasteiger partial charge < -0.3 is 14.3 Å². The first-order chi connectivity index (χ1) is 9.43. The van der Waals surface area contributed by atoms with E-state index in [1.54, 1.807) is 26.2 Å². The number of H-pyrrole nitrogens is 1. The summed E-state index contributed by atoms with van der Waals surface area (Å²) in [5.41, 5.74) is 2.15. The molecule has 0 saturated carbocycles. The highest BCUT2D eigenvalue weighted by atomic mass is 16.4. The van der Waals surface area contributed by atoms with Gasteiger partial charge in [-0.1, -0.05) is 6.92 Å². The van der Waals surface area contributed by atoms with Gasteiger partial charge in [0, 0.05) is 30.9 Å². The van der Waals surface area contributed by atoms with Crippen LogP contribution in [-0.2, 0) is 6.42 Å². The van der Waals surface area contributed by atoms with Gasteiger partial charge in [0.2, 0.25) is 0 Å². The van der Waals surface area contributed by atoms with Gasteiger partial charge in [-0.2, -0.15) is 0 Å². The minimum atomic E-state index is -0.186. The highest BCUT2D eigenvalue weighted by Gasteiger charge is 2.15. The lowest BCUT2D eigenvalue weighted by Gasteiger charge is -2.07. The second-order valence-corrected chi connectivity index (χ2v) is 4.88. The topological polar surface area (TPSA) is 66.3 Å². The van der Waals surface area contributed by atoms with E-state index in [0.29, 0.717) is 17.7 Å². The molecule has 0 saturated heterocycles. The summed E-state index contributed by atoms with van der Waals surface area (Å²) in [4.78, 5) is 27.8. The van der Waals surface area contributed by atoms with Crippen LogP contribution in [0.4, 0.5) is 0 Å². The molecule has 1 N–H and O–H groups in total. The fraction of sp³-hybridized carbons (Fsp3) is 0.333. The third-order valence-electron chi connectivity index (χ3n) is 3.18. The Labute approximate surface area is 117 Å². The van der Waals surface area contributed by atoms with Crippen molar-refractivity contribution in [3.63, 3.8) is 0 Å². The van der Waals surface area contributed by atoms with Crippen molar-refractivity contribution in [3.05, 3.63) is 45.6 Å². The average molecular weight is 274 g/mol. The lowest BCUT2D eigenvalue weighted by molar-refractivity contribution is 0.0797. The third-order valence-corrected chi connectivity index (χ3v) is 3.18. The molecule has 2 aromatic rings. The lowest BCUT2D eigenvalue weighted by atomic mass is 10.1. The van der Waals surface area contributed by atoms with Crippen LogP contribution in [0, 0.1) is 6.92 Å². The van der Waals surface area contributed by atoms with Gasteiger partial charge in [0.05, 0.1) is 0 Å². The lowest BCUT2D eigenvalue weighted by Crippen LogP contribution is -2.20. The van der Waals surface area contributed by atoms with Crippen LogP contribution >= 0.6 is 0 Å². The number of nitrogens with one attached hydrogen (secondary N) is 1. The van der Waals surface area contributed by atoms with Gasteiger partial charge in [0.25, 0.3) is 11.5 Å². The number of hydrogen-bond acceptors (Lipinski definition) is 3. The van der Waals surface area contributed by atoms with Crippen LogP contribution in [0.5, 0.6) is 0 Å². The number of furan rings is 1. The zero-order valence-electron chi connectivity index (χ0n) is 12.1.